The molecule has 0 aliphatic carbocycles. The van der Waals surface area contributed by atoms with Crippen molar-refractivity contribution in [2.75, 3.05) is 44.4 Å². The van der Waals surface area contributed by atoms with Crippen LogP contribution in [0.5, 0.6) is 0 Å². The van der Waals surface area contributed by atoms with Crippen LogP contribution in [0.1, 0.15) is 28.7 Å². The number of anilines is 1. The smallest absolute Gasteiger partial charge is 0.357 e. The molecule has 0 atom stereocenters. The van der Waals surface area contributed by atoms with Crippen molar-refractivity contribution in [3.8, 4) is 0 Å². The summed E-state index contributed by atoms with van der Waals surface area (Å²) in [6.45, 7) is 6.46. The van der Waals surface area contributed by atoms with Crippen molar-refractivity contribution in [3.05, 3.63) is 17.0 Å². The van der Waals surface area contributed by atoms with Gasteiger partial charge in [-0.25, -0.2) is 14.8 Å². The van der Waals surface area contributed by atoms with Gasteiger partial charge in [-0.15, -0.1) is 0 Å². The Hall–Kier alpha value is -1.73. The lowest BCUT2D eigenvalue weighted by atomic mass is 10.1. The van der Waals surface area contributed by atoms with Gasteiger partial charge < -0.3 is 19.7 Å². The van der Waals surface area contributed by atoms with Crippen molar-refractivity contribution in [2.45, 2.75) is 19.9 Å². The predicted molar refractivity (Wildman–Crippen MR) is 76.4 cm³/mol. The summed E-state index contributed by atoms with van der Waals surface area (Å²) in [7, 11) is 0. The van der Waals surface area contributed by atoms with Crippen LogP contribution in [0.2, 0.25) is 0 Å². The fourth-order valence-corrected chi connectivity index (χ4v) is 2.60. The monoisotopic (exact) mass is 292 g/mol. The van der Waals surface area contributed by atoms with E-state index in [2.05, 4.69) is 20.2 Å². The summed E-state index contributed by atoms with van der Waals surface area (Å²) in [5.41, 5.74) is 2.22. The van der Waals surface area contributed by atoms with Gasteiger partial charge in [-0.05, 0) is 6.92 Å². The predicted octanol–water partition coefficient (Wildman–Crippen LogP) is 0.136. The Bertz CT molecular complexity index is 529. The normalized spacial score (nSPS) is 18.2. The SMILES string of the molecule is CCOC(=O)c1nc(N2CCOCC2)nc2c1CNCC2. The third-order valence-electron chi connectivity index (χ3n) is 3.68. The van der Waals surface area contributed by atoms with Crippen LogP contribution in [-0.4, -0.2) is 55.4 Å². The summed E-state index contributed by atoms with van der Waals surface area (Å²) < 4.78 is 10.5. The minimum atomic E-state index is -0.366. The summed E-state index contributed by atoms with van der Waals surface area (Å²) in [5, 5.41) is 3.26. The second-order valence-electron chi connectivity index (χ2n) is 5.04. The van der Waals surface area contributed by atoms with Gasteiger partial charge in [0.25, 0.3) is 0 Å². The second kappa shape index (κ2) is 6.36. The molecule has 1 fully saturated rings. The molecule has 3 heterocycles. The Kier molecular flexibility index (Phi) is 4.31. The summed E-state index contributed by atoms with van der Waals surface area (Å²) in [5.74, 6) is 0.247. The van der Waals surface area contributed by atoms with Crippen LogP contribution in [0.15, 0.2) is 0 Å². The van der Waals surface area contributed by atoms with Crippen LogP contribution >= 0.6 is 0 Å². The number of rotatable bonds is 3. The van der Waals surface area contributed by atoms with Gasteiger partial charge in [0.15, 0.2) is 5.69 Å². The van der Waals surface area contributed by atoms with E-state index in [4.69, 9.17) is 9.47 Å². The third-order valence-corrected chi connectivity index (χ3v) is 3.68. The zero-order valence-electron chi connectivity index (χ0n) is 12.2. The molecule has 0 bridgehead atoms. The summed E-state index contributed by atoms with van der Waals surface area (Å²) in [4.78, 5) is 23.4. The highest BCUT2D eigenvalue weighted by molar-refractivity contribution is 5.89. The molecular weight excluding hydrogens is 272 g/mol. The fraction of sp³-hybridized carbons (Fsp3) is 0.643. The average Bonchev–Trinajstić information content (AvgIpc) is 2.55. The number of esters is 1. The van der Waals surface area contributed by atoms with Gasteiger partial charge >= 0.3 is 5.97 Å². The Balaban J connectivity index is 1.97. The van der Waals surface area contributed by atoms with Crippen LogP contribution < -0.4 is 10.2 Å². The van der Waals surface area contributed by atoms with E-state index in [1.54, 1.807) is 6.92 Å². The third kappa shape index (κ3) is 2.98. The highest BCUT2D eigenvalue weighted by Gasteiger charge is 2.25. The molecule has 7 nitrogen and oxygen atoms in total. The Morgan fingerprint density at radius 3 is 2.95 bits per heavy atom. The maximum atomic E-state index is 12.2. The minimum Gasteiger partial charge on any atom is -0.461 e. The molecule has 0 radical (unpaired) electrons. The van der Waals surface area contributed by atoms with E-state index in [-0.39, 0.29) is 5.97 Å². The first-order valence-corrected chi connectivity index (χ1v) is 7.40. The fourth-order valence-electron chi connectivity index (χ4n) is 2.60. The minimum absolute atomic E-state index is 0.345. The number of ether oxygens (including phenoxy) is 2. The van der Waals surface area contributed by atoms with Crippen LogP contribution in [0.4, 0.5) is 5.95 Å². The quantitative estimate of drug-likeness (QED) is 0.794. The number of nitrogens with one attached hydrogen (secondary N) is 1. The maximum Gasteiger partial charge on any atom is 0.357 e. The molecule has 2 aliphatic heterocycles. The summed E-state index contributed by atoms with van der Waals surface area (Å²) in [6.07, 6.45) is 0.807. The highest BCUT2D eigenvalue weighted by Crippen LogP contribution is 2.21. The van der Waals surface area contributed by atoms with Gasteiger partial charge in [-0.1, -0.05) is 0 Å². The molecule has 0 amide bonds. The molecule has 2 aliphatic rings. The van der Waals surface area contributed by atoms with Crippen molar-refractivity contribution in [1.82, 2.24) is 15.3 Å². The molecule has 0 saturated carbocycles. The van der Waals surface area contributed by atoms with Crippen molar-refractivity contribution in [2.24, 2.45) is 0 Å². The Morgan fingerprint density at radius 1 is 1.38 bits per heavy atom. The van der Waals surface area contributed by atoms with E-state index in [1.807, 2.05) is 0 Å². The molecule has 1 aromatic heterocycles. The van der Waals surface area contributed by atoms with E-state index in [1.165, 1.54) is 0 Å². The molecule has 0 spiro atoms. The molecule has 0 aromatic carbocycles. The number of morpholine rings is 1. The average molecular weight is 292 g/mol. The maximum absolute atomic E-state index is 12.2. The van der Waals surface area contributed by atoms with Gasteiger partial charge in [-0.3, -0.25) is 0 Å². The van der Waals surface area contributed by atoms with Gasteiger partial charge in [0.2, 0.25) is 5.95 Å². The van der Waals surface area contributed by atoms with Gasteiger partial charge in [0.05, 0.1) is 25.5 Å². The Labute approximate surface area is 123 Å². The number of carbonyl (C=O) groups is 1. The standard InChI is InChI=1S/C14H20N4O3/c1-2-21-13(19)12-10-9-15-4-3-11(10)16-14(17-12)18-5-7-20-8-6-18/h15H,2-9H2,1H3. The number of aromatic nitrogens is 2. The van der Waals surface area contributed by atoms with Crippen LogP contribution in [-0.2, 0) is 22.4 Å². The van der Waals surface area contributed by atoms with Crippen molar-refractivity contribution in [1.29, 1.82) is 0 Å². The lowest BCUT2D eigenvalue weighted by Crippen LogP contribution is -2.38. The molecule has 1 N–H and O–H groups in total. The molecule has 114 valence electrons. The topological polar surface area (TPSA) is 76.6 Å². The number of hydrogen-bond donors (Lipinski definition) is 1. The first kappa shape index (κ1) is 14.2. The molecule has 0 unspecified atom stereocenters. The van der Waals surface area contributed by atoms with E-state index in [9.17, 15) is 4.79 Å². The van der Waals surface area contributed by atoms with Crippen molar-refractivity contribution < 1.29 is 14.3 Å². The van der Waals surface area contributed by atoms with E-state index in [0.717, 1.165) is 37.3 Å². The Morgan fingerprint density at radius 2 is 2.19 bits per heavy atom. The number of nitrogens with zero attached hydrogens (tertiary/aromatic N) is 3. The number of fused-ring (bicyclic) bond motifs is 1. The van der Waals surface area contributed by atoms with Gasteiger partial charge in [0, 0.05) is 38.2 Å². The highest BCUT2D eigenvalue weighted by atomic mass is 16.5. The van der Waals surface area contributed by atoms with E-state index >= 15 is 0 Å². The molecule has 21 heavy (non-hydrogen) atoms. The van der Waals surface area contributed by atoms with Gasteiger partial charge in [-0.2, -0.15) is 0 Å². The summed E-state index contributed by atoms with van der Waals surface area (Å²) in [6, 6.07) is 0. The van der Waals surface area contributed by atoms with E-state index < -0.39 is 0 Å². The molecular formula is C14H20N4O3. The first-order chi connectivity index (χ1) is 10.3. The van der Waals surface area contributed by atoms with Crippen molar-refractivity contribution >= 4 is 11.9 Å². The largest absolute Gasteiger partial charge is 0.461 e. The molecule has 1 aromatic rings. The number of hydrogen-bond acceptors (Lipinski definition) is 7. The zero-order chi connectivity index (χ0) is 14.7. The summed E-state index contributed by atoms with van der Waals surface area (Å²) >= 11 is 0. The lowest BCUT2D eigenvalue weighted by Gasteiger charge is -2.28. The van der Waals surface area contributed by atoms with Crippen LogP contribution in [0.3, 0.4) is 0 Å². The molecule has 1 saturated heterocycles. The second-order valence-corrected chi connectivity index (χ2v) is 5.04. The first-order valence-electron chi connectivity index (χ1n) is 7.40. The molecule has 7 heteroatoms. The lowest BCUT2D eigenvalue weighted by molar-refractivity contribution is 0.0517. The van der Waals surface area contributed by atoms with Crippen LogP contribution in [0.25, 0.3) is 0 Å². The molecule has 3 rings (SSSR count). The van der Waals surface area contributed by atoms with Crippen LogP contribution in [0, 0.1) is 0 Å². The number of carbonyl (C=O) groups excluding carboxylic acids is 1. The van der Waals surface area contributed by atoms with E-state index in [0.29, 0.717) is 38.0 Å². The zero-order valence-corrected chi connectivity index (χ0v) is 12.2. The van der Waals surface area contributed by atoms with Gasteiger partial charge in [0.1, 0.15) is 0 Å². The van der Waals surface area contributed by atoms with Crippen molar-refractivity contribution in [3.63, 3.8) is 0 Å².